The van der Waals surface area contributed by atoms with Gasteiger partial charge in [-0.1, -0.05) is 17.3 Å². The third-order valence-corrected chi connectivity index (χ3v) is 4.35. The summed E-state index contributed by atoms with van der Waals surface area (Å²) in [6.07, 6.45) is 0.678. The Labute approximate surface area is 132 Å². The molecule has 0 saturated heterocycles. The van der Waals surface area contributed by atoms with Crippen LogP contribution in [0.1, 0.15) is 21.8 Å². The highest BCUT2D eigenvalue weighted by Gasteiger charge is 2.17. The summed E-state index contributed by atoms with van der Waals surface area (Å²) in [6, 6.07) is 9.99. The number of aryl methyl sites for hydroxylation is 1. The SMILES string of the molecule is COc1ccc(C)cc1-n1nnc(CO)c1Cc1cccs1. The van der Waals surface area contributed by atoms with Crippen molar-refractivity contribution in [3.63, 3.8) is 0 Å². The van der Waals surface area contributed by atoms with Gasteiger partial charge in [-0.25, -0.2) is 4.68 Å². The predicted octanol–water partition coefficient (Wildman–Crippen LogP) is 2.73. The van der Waals surface area contributed by atoms with E-state index in [2.05, 4.69) is 16.4 Å². The Bertz CT molecular complexity index is 766. The number of hydrogen-bond donors (Lipinski definition) is 1. The van der Waals surface area contributed by atoms with Gasteiger partial charge in [-0.2, -0.15) is 0 Å². The number of rotatable bonds is 5. The highest BCUT2D eigenvalue weighted by molar-refractivity contribution is 7.09. The van der Waals surface area contributed by atoms with Crippen LogP contribution in [0.2, 0.25) is 0 Å². The number of aromatic nitrogens is 3. The third kappa shape index (κ3) is 2.75. The Morgan fingerprint density at radius 1 is 1.32 bits per heavy atom. The Kier molecular flexibility index (Phi) is 4.22. The number of ether oxygens (including phenoxy) is 1. The fraction of sp³-hybridized carbons (Fsp3) is 0.250. The second kappa shape index (κ2) is 6.29. The lowest BCUT2D eigenvalue weighted by Crippen LogP contribution is -2.06. The van der Waals surface area contributed by atoms with Gasteiger partial charge < -0.3 is 9.84 Å². The zero-order chi connectivity index (χ0) is 15.5. The lowest BCUT2D eigenvalue weighted by molar-refractivity contribution is 0.275. The van der Waals surface area contributed by atoms with Gasteiger partial charge in [0, 0.05) is 11.3 Å². The predicted molar refractivity (Wildman–Crippen MR) is 85.7 cm³/mol. The summed E-state index contributed by atoms with van der Waals surface area (Å²) in [5.41, 5.74) is 3.42. The van der Waals surface area contributed by atoms with Crippen molar-refractivity contribution in [3.8, 4) is 11.4 Å². The smallest absolute Gasteiger partial charge is 0.144 e. The number of benzene rings is 1. The molecule has 0 unspecified atom stereocenters. The Morgan fingerprint density at radius 3 is 2.86 bits per heavy atom. The summed E-state index contributed by atoms with van der Waals surface area (Å²) in [5.74, 6) is 0.729. The molecule has 0 aliphatic carbocycles. The molecule has 0 radical (unpaired) electrons. The average molecular weight is 315 g/mol. The summed E-state index contributed by atoms with van der Waals surface area (Å²) >= 11 is 1.68. The largest absolute Gasteiger partial charge is 0.494 e. The topological polar surface area (TPSA) is 60.2 Å². The molecule has 5 nitrogen and oxygen atoms in total. The van der Waals surface area contributed by atoms with E-state index in [1.54, 1.807) is 23.1 Å². The van der Waals surface area contributed by atoms with E-state index in [1.807, 2.05) is 36.6 Å². The second-order valence-electron chi connectivity index (χ2n) is 4.98. The summed E-state index contributed by atoms with van der Waals surface area (Å²) in [4.78, 5) is 1.20. The highest BCUT2D eigenvalue weighted by Crippen LogP contribution is 2.27. The normalized spacial score (nSPS) is 10.9. The van der Waals surface area contributed by atoms with Crippen molar-refractivity contribution in [2.45, 2.75) is 20.0 Å². The molecule has 0 fully saturated rings. The average Bonchev–Trinajstić information content (AvgIpc) is 3.17. The molecule has 0 amide bonds. The van der Waals surface area contributed by atoms with Crippen LogP contribution in [0, 0.1) is 6.92 Å². The van der Waals surface area contributed by atoms with Gasteiger partial charge in [0.1, 0.15) is 17.1 Å². The van der Waals surface area contributed by atoms with Gasteiger partial charge in [0.25, 0.3) is 0 Å². The molecule has 2 aromatic heterocycles. The number of methoxy groups -OCH3 is 1. The maximum absolute atomic E-state index is 9.54. The van der Waals surface area contributed by atoms with E-state index >= 15 is 0 Å². The first-order valence-electron chi connectivity index (χ1n) is 6.94. The lowest BCUT2D eigenvalue weighted by atomic mass is 10.1. The van der Waals surface area contributed by atoms with Crippen LogP contribution in [0.5, 0.6) is 5.75 Å². The van der Waals surface area contributed by atoms with E-state index in [0.717, 1.165) is 22.7 Å². The van der Waals surface area contributed by atoms with Gasteiger partial charge in [0.2, 0.25) is 0 Å². The fourth-order valence-corrected chi connectivity index (χ4v) is 3.08. The molecule has 0 atom stereocenters. The standard InChI is InChI=1S/C16H17N3O2S/c1-11-5-6-16(21-2)15(8-11)19-14(13(10-20)17-18-19)9-12-4-3-7-22-12/h3-8,20H,9-10H2,1-2H3. The van der Waals surface area contributed by atoms with Crippen LogP contribution >= 0.6 is 11.3 Å². The highest BCUT2D eigenvalue weighted by atomic mass is 32.1. The summed E-state index contributed by atoms with van der Waals surface area (Å²) in [6.45, 7) is 1.89. The summed E-state index contributed by atoms with van der Waals surface area (Å²) in [7, 11) is 1.64. The summed E-state index contributed by atoms with van der Waals surface area (Å²) < 4.78 is 7.20. The van der Waals surface area contributed by atoms with Crippen molar-refractivity contribution in [1.29, 1.82) is 0 Å². The molecule has 1 N–H and O–H groups in total. The maximum atomic E-state index is 9.54. The molecular weight excluding hydrogens is 298 g/mol. The van der Waals surface area contributed by atoms with Crippen LogP contribution in [0.15, 0.2) is 35.7 Å². The zero-order valence-corrected chi connectivity index (χ0v) is 13.3. The zero-order valence-electron chi connectivity index (χ0n) is 12.5. The van der Waals surface area contributed by atoms with Gasteiger partial charge >= 0.3 is 0 Å². The molecule has 3 aromatic rings. The molecule has 3 rings (SSSR count). The Hall–Kier alpha value is -2.18. The first kappa shape index (κ1) is 14.7. The minimum Gasteiger partial charge on any atom is -0.494 e. The molecule has 2 heterocycles. The molecular formula is C16H17N3O2S. The number of aliphatic hydroxyl groups excluding tert-OH is 1. The lowest BCUT2D eigenvalue weighted by Gasteiger charge is -2.12. The van der Waals surface area contributed by atoms with Crippen molar-refractivity contribution in [2.24, 2.45) is 0 Å². The van der Waals surface area contributed by atoms with Gasteiger partial charge in [0.05, 0.1) is 19.4 Å². The molecule has 0 bridgehead atoms. The van der Waals surface area contributed by atoms with Crippen LogP contribution in [0.4, 0.5) is 0 Å². The molecule has 0 saturated carbocycles. The maximum Gasteiger partial charge on any atom is 0.144 e. The van der Waals surface area contributed by atoms with Crippen molar-refractivity contribution >= 4 is 11.3 Å². The first-order valence-corrected chi connectivity index (χ1v) is 7.82. The number of nitrogens with zero attached hydrogens (tertiary/aromatic N) is 3. The van der Waals surface area contributed by atoms with Gasteiger partial charge in [-0.15, -0.1) is 16.4 Å². The van der Waals surface area contributed by atoms with Gasteiger partial charge in [-0.3, -0.25) is 0 Å². The van der Waals surface area contributed by atoms with E-state index < -0.39 is 0 Å². The van der Waals surface area contributed by atoms with Crippen molar-refractivity contribution in [2.75, 3.05) is 7.11 Å². The van der Waals surface area contributed by atoms with E-state index in [9.17, 15) is 5.11 Å². The van der Waals surface area contributed by atoms with Crippen molar-refractivity contribution in [1.82, 2.24) is 15.0 Å². The van der Waals surface area contributed by atoms with E-state index in [4.69, 9.17) is 4.74 Å². The third-order valence-electron chi connectivity index (χ3n) is 3.48. The molecule has 114 valence electrons. The van der Waals surface area contributed by atoms with E-state index in [-0.39, 0.29) is 6.61 Å². The van der Waals surface area contributed by atoms with Crippen LogP contribution in [0.3, 0.4) is 0 Å². The van der Waals surface area contributed by atoms with Crippen LogP contribution in [-0.4, -0.2) is 27.2 Å². The van der Waals surface area contributed by atoms with Gasteiger partial charge in [0.15, 0.2) is 0 Å². The minimum absolute atomic E-state index is 0.130. The molecule has 6 heteroatoms. The van der Waals surface area contributed by atoms with Crippen LogP contribution < -0.4 is 4.74 Å². The molecule has 1 aromatic carbocycles. The monoisotopic (exact) mass is 315 g/mol. The summed E-state index contributed by atoms with van der Waals surface area (Å²) in [5, 5.41) is 19.9. The Balaban J connectivity index is 2.11. The molecule has 0 aliphatic rings. The van der Waals surface area contributed by atoms with Crippen molar-refractivity contribution in [3.05, 3.63) is 57.5 Å². The second-order valence-corrected chi connectivity index (χ2v) is 6.02. The number of thiophene rings is 1. The number of hydrogen-bond acceptors (Lipinski definition) is 5. The minimum atomic E-state index is -0.130. The quantitative estimate of drug-likeness (QED) is 0.786. The molecule has 0 spiro atoms. The fourth-order valence-electron chi connectivity index (χ4n) is 2.37. The van der Waals surface area contributed by atoms with Crippen LogP contribution in [0.25, 0.3) is 5.69 Å². The van der Waals surface area contributed by atoms with Crippen LogP contribution in [-0.2, 0) is 13.0 Å². The van der Waals surface area contributed by atoms with Crippen molar-refractivity contribution < 1.29 is 9.84 Å². The molecule has 22 heavy (non-hydrogen) atoms. The number of aliphatic hydroxyl groups is 1. The molecule has 0 aliphatic heterocycles. The van der Waals surface area contributed by atoms with E-state index in [0.29, 0.717) is 12.1 Å². The van der Waals surface area contributed by atoms with Gasteiger partial charge in [-0.05, 0) is 36.1 Å². The first-order chi connectivity index (χ1) is 10.7. The van der Waals surface area contributed by atoms with E-state index in [1.165, 1.54) is 4.88 Å². The Morgan fingerprint density at radius 2 is 2.18 bits per heavy atom.